The topological polar surface area (TPSA) is 26.3 Å². The fourth-order valence-corrected chi connectivity index (χ4v) is 1.86. The summed E-state index contributed by atoms with van der Waals surface area (Å²) in [7, 11) is 0. The summed E-state index contributed by atoms with van der Waals surface area (Å²) in [4.78, 5) is 11.6. The van der Waals surface area contributed by atoms with Gasteiger partial charge in [0, 0.05) is 23.8 Å². The summed E-state index contributed by atoms with van der Waals surface area (Å²) in [6.07, 6.45) is 6.64. The van der Waals surface area contributed by atoms with Gasteiger partial charge >= 0.3 is 0 Å². The Hall–Kier alpha value is -1.31. The Kier molecular flexibility index (Phi) is 1.65. The fraction of sp³-hybridized carbons (Fsp3) is 0.364. The van der Waals surface area contributed by atoms with Crippen molar-refractivity contribution in [2.45, 2.75) is 19.8 Å². The summed E-state index contributed by atoms with van der Waals surface area (Å²) in [6.45, 7) is 5.74. The number of rotatable bonds is 1. The lowest BCUT2D eigenvalue weighted by Crippen LogP contribution is -2.21. The molecule has 1 aliphatic heterocycles. The molecule has 1 aliphatic carbocycles. The fourth-order valence-electron chi connectivity index (χ4n) is 1.86. The third-order valence-corrected chi connectivity index (χ3v) is 2.72. The lowest BCUT2D eigenvalue weighted by atomic mass is 9.80. The van der Waals surface area contributed by atoms with E-state index in [0.717, 1.165) is 17.8 Å². The van der Waals surface area contributed by atoms with Gasteiger partial charge < -0.3 is 4.74 Å². The Morgan fingerprint density at radius 1 is 1.62 bits per heavy atom. The molecule has 2 aliphatic rings. The molecule has 1 unspecified atom stereocenters. The van der Waals surface area contributed by atoms with Gasteiger partial charge in [-0.3, -0.25) is 4.79 Å². The zero-order valence-electron chi connectivity index (χ0n) is 7.67. The smallest absolute Gasteiger partial charge is 0.163 e. The van der Waals surface area contributed by atoms with E-state index in [9.17, 15) is 4.79 Å². The van der Waals surface area contributed by atoms with E-state index in [0.29, 0.717) is 6.42 Å². The van der Waals surface area contributed by atoms with Crippen LogP contribution < -0.4 is 0 Å². The Labute approximate surface area is 77.6 Å². The van der Waals surface area contributed by atoms with Crippen molar-refractivity contribution in [2.75, 3.05) is 0 Å². The predicted octanol–water partition coefficient (Wildman–Crippen LogP) is 2.34. The van der Waals surface area contributed by atoms with Crippen molar-refractivity contribution < 1.29 is 9.53 Å². The average molecular weight is 176 g/mol. The molecule has 1 atom stereocenters. The third kappa shape index (κ3) is 1.05. The van der Waals surface area contributed by atoms with E-state index in [1.807, 2.05) is 13.0 Å². The van der Waals surface area contributed by atoms with E-state index < -0.39 is 0 Å². The highest BCUT2D eigenvalue weighted by Gasteiger charge is 2.37. The van der Waals surface area contributed by atoms with Gasteiger partial charge in [-0.2, -0.15) is 0 Å². The van der Waals surface area contributed by atoms with Gasteiger partial charge in [-0.25, -0.2) is 0 Å². The lowest BCUT2D eigenvalue weighted by molar-refractivity contribution is -0.115. The van der Waals surface area contributed by atoms with Crippen molar-refractivity contribution >= 4 is 5.78 Å². The number of carbonyl (C=O) groups is 1. The Morgan fingerprint density at radius 2 is 2.38 bits per heavy atom. The quantitative estimate of drug-likeness (QED) is 0.573. The molecule has 0 radical (unpaired) electrons. The SMILES string of the molecule is C=CC1(C)C=COC2=C1C(=O)CC2. The van der Waals surface area contributed by atoms with Gasteiger partial charge in [0.25, 0.3) is 0 Å². The highest BCUT2D eigenvalue weighted by atomic mass is 16.5. The molecule has 0 spiro atoms. The molecule has 0 aromatic rings. The van der Waals surface area contributed by atoms with Gasteiger partial charge in [0.15, 0.2) is 5.78 Å². The molecule has 0 bridgehead atoms. The average Bonchev–Trinajstić information content (AvgIpc) is 2.50. The van der Waals surface area contributed by atoms with Gasteiger partial charge in [-0.15, -0.1) is 6.58 Å². The maximum atomic E-state index is 11.6. The molecule has 0 aromatic heterocycles. The van der Waals surface area contributed by atoms with E-state index in [-0.39, 0.29) is 11.2 Å². The minimum atomic E-state index is -0.318. The molecular weight excluding hydrogens is 164 g/mol. The van der Waals surface area contributed by atoms with Crippen LogP contribution in [-0.4, -0.2) is 5.78 Å². The van der Waals surface area contributed by atoms with E-state index >= 15 is 0 Å². The lowest BCUT2D eigenvalue weighted by Gasteiger charge is -2.26. The van der Waals surface area contributed by atoms with Crippen LogP contribution in [0.2, 0.25) is 0 Å². The number of ether oxygens (including phenoxy) is 1. The molecule has 0 amide bonds. The summed E-state index contributed by atoms with van der Waals surface area (Å²) in [5, 5.41) is 0. The van der Waals surface area contributed by atoms with Gasteiger partial charge in [0.05, 0.1) is 6.26 Å². The van der Waals surface area contributed by atoms with Crippen LogP contribution in [0.1, 0.15) is 19.8 Å². The van der Waals surface area contributed by atoms with Crippen LogP contribution in [0.15, 0.2) is 36.3 Å². The molecule has 0 aromatic carbocycles. The number of allylic oxidation sites excluding steroid dienone is 4. The second kappa shape index (κ2) is 2.59. The van der Waals surface area contributed by atoms with Crippen molar-refractivity contribution in [1.82, 2.24) is 0 Å². The van der Waals surface area contributed by atoms with Crippen molar-refractivity contribution in [3.63, 3.8) is 0 Å². The van der Waals surface area contributed by atoms with Crippen molar-refractivity contribution in [1.29, 1.82) is 0 Å². The number of hydrogen-bond donors (Lipinski definition) is 0. The molecular formula is C11H12O2. The normalized spacial score (nSPS) is 31.6. The van der Waals surface area contributed by atoms with Gasteiger partial charge in [0.1, 0.15) is 5.76 Å². The summed E-state index contributed by atoms with van der Waals surface area (Å²) in [5.41, 5.74) is 0.478. The molecule has 13 heavy (non-hydrogen) atoms. The molecule has 1 heterocycles. The largest absolute Gasteiger partial charge is 0.469 e. The third-order valence-electron chi connectivity index (χ3n) is 2.72. The van der Waals surface area contributed by atoms with Crippen LogP contribution in [0.4, 0.5) is 0 Å². The zero-order chi connectivity index (χ0) is 9.47. The van der Waals surface area contributed by atoms with E-state index in [4.69, 9.17) is 4.74 Å². The standard InChI is InChI=1S/C11H12O2/c1-3-11(2)6-7-13-9-5-4-8(12)10(9)11/h3,6-7H,1,4-5H2,2H3. The Morgan fingerprint density at radius 3 is 3.08 bits per heavy atom. The maximum absolute atomic E-state index is 11.6. The van der Waals surface area contributed by atoms with E-state index in [1.165, 1.54) is 0 Å². The van der Waals surface area contributed by atoms with Crippen LogP contribution in [-0.2, 0) is 9.53 Å². The molecule has 2 nitrogen and oxygen atoms in total. The van der Waals surface area contributed by atoms with Crippen molar-refractivity contribution in [3.8, 4) is 0 Å². The molecule has 0 saturated carbocycles. The molecule has 2 rings (SSSR count). The maximum Gasteiger partial charge on any atom is 0.163 e. The van der Waals surface area contributed by atoms with Crippen LogP contribution in [0.3, 0.4) is 0 Å². The summed E-state index contributed by atoms with van der Waals surface area (Å²) in [5.74, 6) is 1.02. The number of hydrogen-bond acceptors (Lipinski definition) is 2. The van der Waals surface area contributed by atoms with Gasteiger partial charge in [0.2, 0.25) is 0 Å². The second-order valence-corrected chi connectivity index (χ2v) is 3.63. The summed E-state index contributed by atoms with van der Waals surface area (Å²) in [6, 6.07) is 0. The summed E-state index contributed by atoms with van der Waals surface area (Å²) < 4.78 is 5.30. The molecule has 0 fully saturated rings. The first-order valence-electron chi connectivity index (χ1n) is 4.42. The van der Waals surface area contributed by atoms with Crippen LogP contribution >= 0.6 is 0 Å². The number of carbonyl (C=O) groups excluding carboxylic acids is 1. The Bertz CT molecular complexity index is 336. The predicted molar refractivity (Wildman–Crippen MR) is 49.8 cm³/mol. The molecule has 0 N–H and O–H groups in total. The molecule has 0 saturated heterocycles. The minimum absolute atomic E-state index is 0.196. The first kappa shape index (κ1) is 8.30. The van der Waals surface area contributed by atoms with Crippen LogP contribution in [0.5, 0.6) is 0 Å². The highest BCUT2D eigenvalue weighted by molar-refractivity contribution is 6.00. The number of Topliss-reactive ketones (excluding diaryl/α,β-unsaturated/α-hetero) is 1. The molecule has 68 valence electrons. The summed E-state index contributed by atoms with van der Waals surface area (Å²) >= 11 is 0. The van der Waals surface area contributed by atoms with Gasteiger partial charge in [-0.05, 0) is 13.0 Å². The highest BCUT2D eigenvalue weighted by Crippen LogP contribution is 2.42. The monoisotopic (exact) mass is 176 g/mol. The van der Waals surface area contributed by atoms with E-state index in [1.54, 1.807) is 12.3 Å². The van der Waals surface area contributed by atoms with Gasteiger partial charge in [-0.1, -0.05) is 6.08 Å². The first-order chi connectivity index (χ1) is 6.17. The van der Waals surface area contributed by atoms with Crippen molar-refractivity contribution in [3.05, 3.63) is 36.3 Å². The second-order valence-electron chi connectivity index (χ2n) is 3.63. The first-order valence-corrected chi connectivity index (χ1v) is 4.42. The molecule has 2 heteroatoms. The number of ketones is 1. The zero-order valence-corrected chi connectivity index (χ0v) is 7.67. The Balaban J connectivity index is 2.50. The van der Waals surface area contributed by atoms with E-state index in [2.05, 4.69) is 6.58 Å². The minimum Gasteiger partial charge on any atom is -0.469 e. The van der Waals surface area contributed by atoms with Crippen LogP contribution in [0, 0.1) is 5.41 Å². The van der Waals surface area contributed by atoms with Crippen molar-refractivity contribution in [2.24, 2.45) is 5.41 Å². The van der Waals surface area contributed by atoms with Crippen LogP contribution in [0.25, 0.3) is 0 Å².